The molecule has 16 heavy (non-hydrogen) atoms. The molecule has 0 unspecified atom stereocenters. The number of furan rings is 1. The second-order valence-electron chi connectivity index (χ2n) is 3.75. The van der Waals surface area contributed by atoms with Gasteiger partial charge in [0.1, 0.15) is 11.6 Å². The van der Waals surface area contributed by atoms with Crippen molar-refractivity contribution in [3.63, 3.8) is 0 Å². The van der Waals surface area contributed by atoms with E-state index in [1.54, 1.807) is 6.20 Å². The molecular weight excluding hydrogens is 200 g/mol. The molecule has 2 rings (SSSR count). The summed E-state index contributed by atoms with van der Waals surface area (Å²) in [6.07, 6.45) is 4.60. The van der Waals surface area contributed by atoms with Crippen molar-refractivity contribution in [1.82, 2.24) is 4.98 Å². The van der Waals surface area contributed by atoms with E-state index in [4.69, 9.17) is 4.42 Å². The molecule has 2 aromatic heterocycles. The van der Waals surface area contributed by atoms with Gasteiger partial charge >= 0.3 is 0 Å². The lowest BCUT2D eigenvalue weighted by Gasteiger charge is -2.07. The van der Waals surface area contributed by atoms with Gasteiger partial charge in [-0.2, -0.15) is 0 Å². The number of aromatic nitrogens is 1. The molecule has 0 aromatic carbocycles. The van der Waals surface area contributed by atoms with Gasteiger partial charge in [0.15, 0.2) is 0 Å². The van der Waals surface area contributed by atoms with E-state index in [1.807, 2.05) is 26.3 Å². The quantitative estimate of drug-likeness (QED) is 0.855. The molecular formula is C13H16N2O. The molecule has 0 bridgehead atoms. The largest absolute Gasteiger partial charge is 0.464 e. The Labute approximate surface area is 95.5 Å². The highest BCUT2D eigenvalue weighted by molar-refractivity contribution is 5.68. The zero-order chi connectivity index (χ0) is 11.5. The summed E-state index contributed by atoms with van der Waals surface area (Å²) in [7, 11) is 1.87. The van der Waals surface area contributed by atoms with Gasteiger partial charge in [0.2, 0.25) is 0 Å². The van der Waals surface area contributed by atoms with Crippen LogP contribution < -0.4 is 5.32 Å². The van der Waals surface area contributed by atoms with Crippen LogP contribution in [-0.4, -0.2) is 12.0 Å². The Hall–Kier alpha value is -1.77. The third kappa shape index (κ3) is 1.81. The number of hydrogen-bond acceptors (Lipinski definition) is 3. The van der Waals surface area contributed by atoms with Gasteiger partial charge in [0.25, 0.3) is 0 Å². The van der Waals surface area contributed by atoms with Crippen molar-refractivity contribution in [2.24, 2.45) is 0 Å². The molecule has 1 N–H and O–H groups in total. The van der Waals surface area contributed by atoms with Gasteiger partial charge < -0.3 is 9.73 Å². The third-order valence-corrected chi connectivity index (χ3v) is 2.77. The summed E-state index contributed by atoms with van der Waals surface area (Å²) < 4.78 is 5.57. The normalized spacial score (nSPS) is 10.4. The Bertz CT molecular complexity index is 488. The van der Waals surface area contributed by atoms with Gasteiger partial charge in [0, 0.05) is 24.4 Å². The lowest BCUT2D eigenvalue weighted by atomic mass is 10.1. The molecule has 3 heteroatoms. The van der Waals surface area contributed by atoms with E-state index in [0.29, 0.717) is 0 Å². The zero-order valence-corrected chi connectivity index (χ0v) is 9.87. The van der Waals surface area contributed by atoms with Crippen LogP contribution in [0, 0.1) is 6.92 Å². The van der Waals surface area contributed by atoms with Crippen molar-refractivity contribution >= 4 is 5.82 Å². The van der Waals surface area contributed by atoms with Crippen molar-refractivity contribution in [2.45, 2.75) is 20.3 Å². The van der Waals surface area contributed by atoms with Gasteiger partial charge in [-0.15, -0.1) is 0 Å². The predicted octanol–water partition coefficient (Wildman–Crippen LogP) is 3.25. The highest BCUT2D eigenvalue weighted by atomic mass is 16.3. The van der Waals surface area contributed by atoms with Crippen LogP contribution in [0.25, 0.3) is 11.3 Å². The molecule has 0 atom stereocenters. The van der Waals surface area contributed by atoms with Crippen LogP contribution in [0.1, 0.15) is 18.1 Å². The Morgan fingerprint density at radius 1 is 1.44 bits per heavy atom. The highest BCUT2D eigenvalue weighted by Gasteiger charge is 2.09. The first-order valence-corrected chi connectivity index (χ1v) is 5.47. The molecule has 0 saturated heterocycles. The minimum Gasteiger partial charge on any atom is -0.464 e. The molecule has 2 heterocycles. The zero-order valence-electron chi connectivity index (χ0n) is 9.87. The molecule has 3 nitrogen and oxygen atoms in total. The molecule has 0 amide bonds. The Morgan fingerprint density at radius 3 is 2.88 bits per heavy atom. The third-order valence-electron chi connectivity index (χ3n) is 2.77. The Balaban J connectivity index is 2.47. The monoisotopic (exact) mass is 216 g/mol. The van der Waals surface area contributed by atoms with Gasteiger partial charge in [-0.05, 0) is 31.0 Å². The van der Waals surface area contributed by atoms with Crippen LogP contribution in [0.2, 0.25) is 0 Å². The second kappa shape index (κ2) is 4.39. The maximum absolute atomic E-state index is 5.57. The molecule has 0 aliphatic rings. The van der Waals surface area contributed by atoms with Crippen LogP contribution in [0.3, 0.4) is 0 Å². The van der Waals surface area contributed by atoms with Crippen molar-refractivity contribution < 1.29 is 4.42 Å². The minimum absolute atomic E-state index is 0.895. The van der Waals surface area contributed by atoms with Crippen molar-refractivity contribution in [1.29, 1.82) is 0 Å². The molecule has 84 valence electrons. The van der Waals surface area contributed by atoms with Gasteiger partial charge in [0.05, 0.1) is 6.26 Å². The molecule has 0 aliphatic carbocycles. The maximum Gasteiger partial charge on any atom is 0.134 e. The number of aryl methyl sites for hydroxylation is 1. The minimum atomic E-state index is 0.895. The summed E-state index contributed by atoms with van der Waals surface area (Å²) in [6.45, 7) is 4.16. The molecule has 0 saturated carbocycles. The summed E-state index contributed by atoms with van der Waals surface area (Å²) in [5.41, 5.74) is 3.43. The SMILES string of the molecule is CCc1coc(-c2ccnc(NC)c2C)c1. The van der Waals surface area contributed by atoms with E-state index in [9.17, 15) is 0 Å². The number of pyridine rings is 1. The molecule has 2 aromatic rings. The lowest BCUT2D eigenvalue weighted by Crippen LogP contribution is -1.96. The summed E-state index contributed by atoms with van der Waals surface area (Å²) in [5.74, 6) is 1.81. The van der Waals surface area contributed by atoms with Gasteiger partial charge in [-0.1, -0.05) is 6.92 Å². The van der Waals surface area contributed by atoms with Crippen LogP contribution >= 0.6 is 0 Å². The molecule has 0 aliphatic heterocycles. The van der Waals surface area contributed by atoms with Crippen LogP contribution in [-0.2, 0) is 6.42 Å². The molecule has 0 radical (unpaired) electrons. The fourth-order valence-corrected chi connectivity index (χ4v) is 1.76. The van der Waals surface area contributed by atoms with Gasteiger partial charge in [-0.25, -0.2) is 4.98 Å². The number of nitrogens with one attached hydrogen (secondary N) is 1. The predicted molar refractivity (Wildman–Crippen MR) is 65.6 cm³/mol. The number of anilines is 1. The van der Waals surface area contributed by atoms with Crippen molar-refractivity contribution in [2.75, 3.05) is 12.4 Å². The van der Waals surface area contributed by atoms with Gasteiger partial charge in [-0.3, -0.25) is 0 Å². The van der Waals surface area contributed by atoms with E-state index in [-0.39, 0.29) is 0 Å². The first-order chi connectivity index (χ1) is 7.76. The summed E-state index contributed by atoms with van der Waals surface area (Å²) in [6, 6.07) is 4.07. The first kappa shape index (κ1) is 10.7. The molecule has 0 fully saturated rings. The Kier molecular flexibility index (Phi) is 2.95. The van der Waals surface area contributed by atoms with Crippen LogP contribution in [0.15, 0.2) is 29.0 Å². The number of nitrogens with zero attached hydrogens (tertiary/aromatic N) is 1. The number of rotatable bonds is 3. The fraction of sp³-hybridized carbons (Fsp3) is 0.308. The fourth-order valence-electron chi connectivity index (χ4n) is 1.76. The smallest absolute Gasteiger partial charge is 0.134 e. The maximum atomic E-state index is 5.57. The summed E-state index contributed by atoms with van der Waals surface area (Å²) in [5, 5.41) is 3.07. The Morgan fingerprint density at radius 2 is 2.25 bits per heavy atom. The standard InChI is InChI=1S/C13H16N2O/c1-4-10-7-12(16-8-10)11-5-6-15-13(14-3)9(11)2/h5-8H,4H2,1-3H3,(H,14,15). The average molecular weight is 216 g/mol. The van der Waals surface area contributed by atoms with Crippen LogP contribution in [0.4, 0.5) is 5.82 Å². The van der Waals surface area contributed by atoms with Crippen LogP contribution in [0.5, 0.6) is 0 Å². The van der Waals surface area contributed by atoms with E-state index in [1.165, 1.54) is 5.56 Å². The first-order valence-electron chi connectivity index (χ1n) is 5.47. The summed E-state index contributed by atoms with van der Waals surface area (Å²) >= 11 is 0. The van der Waals surface area contributed by atoms with Crippen molar-refractivity contribution in [3.05, 3.63) is 35.7 Å². The van der Waals surface area contributed by atoms with E-state index in [2.05, 4.69) is 23.3 Å². The highest BCUT2D eigenvalue weighted by Crippen LogP contribution is 2.28. The topological polar surface area (TPSA) is 38.1 Å². The molecule has 0 spiro atoms. The second-order valence-corrected chi connectivity index (χ2v) is 3.75. The number of hydrogen-bond donors (Lipinski definition) is 1. The average Bonchev–Trinajstić information content (AvgIpc) is 2.78. The van der Waals surface area contributed by atoms with E-state index in [0.717, 1.165) is 29.1 Å². The van der Waals surface area contributed by atoms with E-state index >= 15 is 0 Å². The van der Waals surface area contributed by atoms with Crippen molar-refractivity contribution in [3.8, 4) is 11.3 Å². The lowest BCUT2D eigenvalue weighted by molar-refractivity contribution is 0.578. The van der Waals surface area contributed by atoms with E-state index < -0.39 is 0 Å². The summed E-state index contributed by atoms with van der Waals surface area (Å²) in [4.78, 5) is 4.26.